The van der Waals surface area contributed by atoms with Crippen molar-refractivity contribution in [1.82, 2.24) is 10.2 Å². The third kappa shape index (κ3) is 4.68. The number of nitrogens with one attached hydrogen (secondary N) is 1. The molecule has 126 valence electrons. The Morgan fingerprint density at radius 1 is 1.48 bits per heavy atom. The second-order valence-corrected chi connectivity index (χ2v) is 5.72. The average Bonchev–Trinajstić information content (AvgIpc) is 2.96. The van der Waals surface area contributed by atoms with Crippen LogP contribution in [-0.4, -0.2) is 36.4 Å². The topological polar surface area (TPSA) is 58.6 Å². The molecule has 0 saturated carbocycles. The maximum absolute atomic E-state index is 13.7. The van der Waals surface area contributed by atoms with E-state index < -0.39 is 5.82 Å². The largest absolute Gasteiger partial charge is 0.494 e. The van der Waals surface area contributed by atoms with Crippen LogP contribution >= 0.6 is 0 Å². The van der Waals surface area contributed by atoms with Gasteiger partial charge in [0.2, 0.25) is 11.8 Å². The van der Waals surface area contributed by atoms with Crippen LogP contribution in [-0.2, 0) is 16.1 Å². The van der Waals surface area contributed by atoms with Gasteiger partial charge < -0.3 is 15.0 Å². The number of rotatable bonds is 7. The van der Waals surface area contributed by atoms with Gasteiger partial charge in [-0.2, -0.15) is 0 Å². The molecule has 0 bridgehead atoms. The maximum atomic E-state index is 13.7. The van der Waals surface area contributed by atoms with E-state index in [0.29, 0.717) is 32.4 Å². The summed E-state index contributed by atoms with van der Waals surface area (Å²) in [5.74, 6) is -0.157. The van der Waals surface area contributed by atoms with Crippen molar-refractivity contribution in [2.24, 2.45) is 0 Å². The molecule has 6 heteroatoms. The van der Waals surface area contributed by atoms with Crippen molar-refractivity contribution in [3.63, 3.8) is 0 Å². The van der Waals surface area contributed by atoms with Gasteiger partial charge in [-0.3, -0.25) is 9.59 Å². The van der Waals surface area contributed by atoms with Crippen LogP contribution in [0.15, 0.2) is 18.2 Å². The quantitative estimate of drug-likeness (QED) is 0.837. The second-order valence-electron chi connectivity index (χ2n) is 5.72. The summed E-state index contributed by atoms with van der Waals surface area (Å²) in [5.41, 5.74) is 0.729. The van der Waals surface area contributed by atoms with E-state index in [0.717, 1.165) is 12.0 Å². The van der Waals surface area contributed by atoms with Crippen molar-refractivity contribution in [1.29, 1.82) is 0 Å². The van der Waals surface area contributed by atoms with E-state index in [-0.39, 0.29) is 23.6 Å². The van der Waals surface area contributed by atoms with E-state index in [4.69, 9.17) is 4.74 Å². The van der Waals surface area contributed by atoms with Crippen molar-refractivity contribution < 1.29 is 18.7 Å². The molecule has 1 saturated heterocycles. The predicted octanol–water partition coefficient (Wildman–Crippen LogP) is 2.24. The Morgan fingerprint density at radius 3 is 2.83 bits per heavy atom. The summed E-state index contributed by atoms with van der Waals surface area (Å²) in [6, 6.07) is 4.82. The zero-order valence-electron chi connectivity index (χ0n) is 13.6. The molecule has 1 aliphatic rings. The van der Waals surface area contributed by atoms with Crippen LogP contribution in [0.1, 0.15) is 38.2 Å². The summed E-state index contributed by atoms with van der Waals surface area (Å²) >= 11 is 0. The van der Waals surface area contributed by atoms with Gasteiger partial charge in [-0.25, -0.2) is 4.39 Å². The van der Waals surface area contributed by atoms with Gasteiger partial charge in [0.05, 0.1) is 7.11 Å². The third-order valence-corrected chi connectivity index (χ3v) is 4.12. The molecule has 0 aliphatic carbocycles. The summed E-state index contributed by atoms with van der Waals surface area (Å²) in [4.78, 5) is 25.2. The Kier molecular flexibility index (Phi) is 5.96. The maximum Gasteiger partial charge on any atom is 0.222 e. The molecule has 0 spiro atoms. The molecule has 1 atom stereocenters. The Hall–Kier alpha value is -2.11. The molecule has 5 nitrogen and oxygen atoms in total. The summed E-state index contributed by atoms with van der Waals surface area (Å²) in [5, 5.41) is 2.86. The van der Waals surface area contributed by atoms with Gasteiger partial charge in [0.25, 0.3) is 0 Å². The van der Waals surface area contributed by atoms with Crippen LogP contribution in [0.4, 0.5) is 4.39 Å². The minimum Gasteiger partial charge on any atom is -0.494 e. The summed E-state index contributed by atoms with van der Waals surface area (Å²) < 4.78 is 18.6. The predicted molar refractivity (Wildman–Crippen MR) is 84.4 cm³/mol. The Bertz CT molecular complexity index is 577. The standard InChI is InChI=1S/C17H23FN2O3/c1-3-20(11-12-4-7-15(23-2)14(18)10-12)17(22)9-6-13-5-8-16(21)19-13/h4,7,10,13H,3,5-6,8-9,11H2,1-2H3,(H,19,21). The fraction of sp³-hybridized carbons (Fsp3) is 0.529. The first kappa shape index (κ1) is 17.2. The number of hydrogen-bond acceptors (Lipinski definition) is 3. The Labute approximate surface area is 135 Å². The highest BCUT2D eigenvalue weighted by atomic mass is 19.1. The van der Waals surface area contributed by atoms with Crippen LogP contribution < -0.4 is 10.1 Å². The van der Waals surface area contributed by atoms with Gasteiger partial charge in [0.1, 0.15) is 0 Å². The van der Waals surface area contributed by atoms with Gasteiger partial charge in [0.15, 0.2) is 11.6 Å². The number of hydrogen-bond donors (Lipinski definition) is 1. The van der Waals surface area contributed by atoms with Gasteiger partial charge in [-0.1, -0.05) is 6.07 Å². The summed E-state index contributed by atoms with van der Waals surface area (Å²) in [6.45, 7) is 2.83. The van der Waals surface area contributed by atoms with Gasteiger partial charge in [0, 0.05) is 32.0 Å². The molecule has 1 aromatic carbocycles. The molecule has 0 radical (unpaired) electrons. The Balaban J connectivity index is 1.89. The molecular formula is C17H23FN2O3. The van der Waals surface area contributed by atoms with E-state index >= 15 is 0 Å². The molecule has 1 aromatic rings. The van der Waals surface area contributed by atoms with E-state index in [9.17, 15) is 14.0 Å². The molecule has 1 N–H and O–H groups in total. The zero-order valence-corrected chi connectivity index (χ0v) is 13.6. The van der Waals surface area contributed by atoms with Crippen molar-refractivity contribution in [2.45, 2.75) is 45.2 Å². The van der Waals surface area contributed by atoms with Crippen LogP contribution in [0.5, 0.6) is 5.75 Å². The van der Waals surface area contributed by atoms with Crippen molar-refractivity contribution >= 4 is 11.8 Å². The number of carbonyl (C=O) groups excluding carboxylic acids is 2. The van der Waals surface area contributed by atoms with Crippen LogP contribution in [0.2, 0.25) is 0 Å². The van der Waals surface area contributed by atoms with E-state index in [1.165, 1.54) is 13.2 Å². The monoisotopic (exact) mass is 322 g/mol. The number of methoxy groups -OCH3 is 1. The fourth-order valence-corrected chi connectivity index (χ4v) is 2.75. The normalized spacial score (nSPS) is 17.0. The lowest BCUT2D eigenvalue weighted by molar-refractivity contribution is -0.132. The number of amides is 2. The van der Waals surface area contributed by atoms with E-state index in [1.54, 1.807) is 17.0 Å². The summed E-state index contributed by atoms with van der Waals surface area (Å²) in [7, 11) is 1.42. The molecular weight excluding hydrogens is 299 g/mol. The molecule has 1 aliphatic heterocycles. The number of nitrogens with zero attached hydrogens (tertiary/aromatic N) is 1. The smallest absolute Gasteiger partial charge is 0.222 e. The highest BCUT2D eigenvalue weighted by Crippen LogP contribution is 2.19. The lowest BCUT2D eigenvalue weighted by Gasteiger charge is -2.22. The van der Waals surface area contributed by atoms with Gasteiger partial charge in [-0.05, 0) is 37.5 Å². The van der Waals surface area contributed by atoms with Crippen LogP contribution in [0.3, 0.4) is 0 Å². The second kappa shape index (κ2) is 7.94. The first-order valence-electron chi connectivity index (χ1n) is 7.93. The molecule has 1 fully saturated rings. The fourth-order valence-electron chi connectivity index (χ4n) is 2.75. The molecule has 2 amide bonds. The highest BCUT2D eigenvalue weighted by molar-refractivity contribution is 5.79. The SMILES string of the molecule is CCN(Cc1ccc(OC)c(F)c1)C(=O)CCC1CCC(=O)N1. The van der Waals surface area contributed by atoms with E-state index in [2.05, 4.69) is 5.32 Å². The summed E-state index contributed by atoms with van der Waals surface area (Å²) in [6.07, 6.45) is 2.37. The van der Waals surface area contributed by atoms with Crippen LogP contribution in [0.25, 0.3) is 0 Å². The first-order valence-corrected chi connectivity index (χ1v) is 7.93. The van der Waals surface area contributed by atoms with Crippen molar-refractivity contribution in [2.75, 3.05) is 13.7 Å². The number of carbonyl (C=O) groups is 2. The van der Waals surface area contributed by atoms with Gasteiger partial charge >= 0.3 is 0 Å². The van der Waals surface area contributed by atoms with E-state index in [1.807, 2.05) is 6.92 Å². The molecule has 1 heterocycles. The first-order chi connectivity index (χ1) is 11.0. The lowest BCUT2D eigenvalue weighted by atomic mass is 10.1. The molecule has 2 rings (SSSR count). The van der Waals surface area contributed by atoms with Crippen molar-refractivity contribution in [3.8, 4) is 5.75 Å². The third-order valence-electron chi connectivity index (χ3n) is 4.12. The number of benzene rings is 1. The number of halogens is 1. The van der Waals surface area contributed by atoms with Crippen LogP contribution in [0, 0.1) is 5.82 Å². The average molecular weight is 322 g/mol. The Morgan fingerprint density at radius 2 is 2.26 bits per heavy atom. The lowest BCUT2D eigenvalue weighted by Crippen LogP contribution is -2.32. The highest BCUT2D eigenvalue weighted by Gasteiger charge is 2.22. The van der Waals surface area contributed by atoms with Crippen molar-refractivity contribution in [3.05, 3.63) is 29.6 Å². The molecule has 0 aromatic heterocycles. The molecule has 1 unspecified atom stereocenters. The minimum atomic E-state index is -0.429. The molecule has 23 heavy (non-hydrogen) atoms. The minimum absolute atomic E-state index is 0.0184. The zero-order chi connectivity index (χ0) is 16.8. The van der Waals surface area contributed by atoms with Gasteiger partial charge in [-0.15, -0.1) is 0 Å². The number of ether oxygens (including phenoxy) is 1.